The van der Waals surface area contributed by atoms with E-state index in [0.29, 0.717) is 29.2 Å². The highest BCUT2D eigenvalue weighted by molar-refractivity contribution is 6.31. The zero-order valence-electron chi connectivity index (χ0n) is 13.2. The van der Waals surface area contributed by atoms with Gasteiger partial charge in [-0.15, -0.1) is 0 Å². The molecule has 0 fully saturated rings. The second-order valence-electron chi connectivity index (χ2n) is 5.64. The molecule has 6 heteroatoms. The van der Waals surface area contributed by atoms with Crippen molar-refractivity contribution in [2.45, 2.75) is 19.4 Å². The quantitative estimate of drug-likeness (QED) is 0.824. The Hall–Kier alpha value is -2.27. The molecule has 1 aliphatic heterocycles. The first-order chi connectivity index (χ1) is 11.5. The molecule has 1 aliphatic rings. The largest absolute Gasteiger partial charge is 0.454 e. The number of hydrogen-bond donors (Lipinski definition) is 0. The van der Waals surface area contributed by atoms with Gasteiger partial charge < -0.3 is 14.4 Å². The number of carbonyl (C=O) groups is 1. The number of nitrogens with zero attached hydrogens (tertiary/aromatic N) is 1. The number of benzene rings is 2. The van der Waals surface area contributed by atoms with Gasteiger partial charge in [0.1, 0.15) is 5.82 Å². The fraction of sp³-hybridized carbons (Fsp3) is 0.278. The number of ether oxygens (including phenoxy) is 2. The smallest absolute Gasteiger partial charge is 0.231 e. The topological polar surface area (TPSA) is 38.8 Å². The average molecular weight is 350 g/mol. The molecule has 1 amide bonds. The van der Waals surface area contributed by atoms with Crippen LogP contribution in [0.1, 0.15) is 17.5 Å². The van der Waals surface area contributed by atoms with E-state index in [9.17, 15) is 9.18 Å². The molecule has 0 atom stereocenters. The SMILES string of the molecule is CN(Cc1c(F)cccc1Cl)C(=O)CCc1ccc2c(c1)OCO2. The molecule has 2 aromatic rings. The summed E-state index contributed by atoms with van der Waals surface area (Å²) in [4.78, 5) is 13.8. The first-order valence-electron chi connectivity index (χ1n) is 7.60. The van der Waals surface area contributed by atoms with Gasteiger partial charge in [0.05, 0.1) is 0 Å². The summed E-state index contributed by atoms with van der Waals surface area (Å²) in [6.07, 6.45) is 0.896. The molecule has 0 N–H and O–H groups in total. The highest BCUT2D eigenvalue weighted by atomic mass is 35.5. The van der Waals surface area contributed by atoms with Crippen LogP contribution in [0.15, 0.2) is 36.4 Å². The number of hydrogen-bond acceptors (Lipinski definition) is 3. The van der Waals surface area contributed by atoms with Gasteiger partial charge in [0.15, 0.2) is 11.5 Å². The molecule has 0 saturated heterocycles. The molecule has 0 bridgehead atoms. The van der Waals surface area contributed by atoms with E-state index in [-0.39, 0.29) is 19.2 Å². The molecule has 0 spiro atoms. The normalized spacial score (nSPS) is 12.3. The van der Waals surface area contributed by atoms with Gasteiger partial charge in [-0.05, 0) is 36.2 Å². The van der Waals surface area contributed by atoms with Crippen LogP contribution in [0.25, 0.3) is 0 Å². The average Bonchev–Trinajstić information content (AvgIpc) is 3.03. The van der Waals surface area contributed by atoms with Crippen molar-refractivity contribution < 1.29 is 18.7 Å². The summed E-state index contributed by atoms with van der Waals surface area (Å²) < 4.78 is 24.4. The molecule has 24 heavy (non-hydrogen) atoms. The summed E-state index contributed by atoms with van der Waals surface area (Å²) in [5.74, 6) is 0.938. The zero-order valence-corrected chi connectivity index (χ0v) is 14.0. The third-order valence-corrected chi connectivity index (χ3v) is 4.30. The van der Waals surface area contributed by atoms with Crippen LogP contribution < -0.4 is 9.47 Å². The number of fused-ring (bicyclic) bond motifs is 1. The standard InChI is InChI=1S/C18H17ClFNO3/c1-21(10-13-14(19)3-2-4-15(13)20)18(22)8-6-12-5-7-16-17(9-12)24-11-23-16/h2-5,7,9H,6,8,10-11H2,1H3. The third kappa shape index (κ3) is 3.62. The van der Waals surface area contributed by atoms with Gasteiger partial charge in [0.25, 0.3) is 0 Å². The second-order valence-corrected chi connectivity index (χ2v) is 6.04. The van der Waals surface area contributed by atoms with Crippen molar-refractivity contribution in [1.29, 1.82) is 0 Å². The Bertz CT molecular complexity index is 746. The van der Waals surface area contributed by atoms with Gasteiger partial charge in [-0.3, -0.25) is 4.79 Å². The molecule has 0 unspecified atom stereocenters. The third-order valence-electron chi connectivity index (χ3n) is 3.95. The summed E-state index contributed by atoms with van der Waals surface area (Å²) in [6.45, 7) is 0.370. The van der Waals surface area contributed by atoms with Crippen molar-refractivity contribution in [3.05, 3.63) is 58.4 Å². The highest BCUT2D eigenvalue weighted by Gasteiger charge is 2.16. The molecule has 1 heterocycles. The van der Waals surface area contributed by atoms with Gasteiger partial charge in [0, 0.05) is 30.6 Å². The van der Waals surface area contributed by atoms with Crippen LogP contribution in [0.4, 0.5) is 4.39 Å². The highest BCUT2D eigenvalue weighted by Crippen LogP contribution is 2.32. The summed E-state index contributed by atoms with van der Waals surface area (Å²) in [6, 6.07) is 10.1. The molecule has 0 aromatic heterocycles. The van der Waals surface area contributed by atoms with Crippen LogP contribution in [0, 0.1) is 5.82 Å². The molecule has 0 saturated carbocycles. The predicted molar refractivity (Wildman–Crippen MR) is 88.8 cm³/mol. The van der Waals surface area contributed by atoms with Crippen molar-refractivity contribution in [3.8, 4) is 11.5 Å². The van der Waals surface area contributed by atoms with Crippen molar-refractivity contribution >= 4 is 17.5 Å². The number of rotatable bonds is 5. The van der Waals surface area contributed by atoms with Crippen LogP contribution in [0.5, 0.6) is 11.5 Å². The molecule has 0 radical (unpaired) electrons. The van der Waals surface area contributed by atoms with E-state index in [1.165, 1.54) is 11.0 Å². The fourth-order valence-corrected chi connectivity index (χ4v) is 2.77. The van der Waals surface area contributed by atoms with Crippen molar-refractivity contribution in [3.63, 3.8) is 0 Å². The molecule has 126 valence electrons. The number of aryl methyl sites for hydroxylation is 1. The Morgan fingerprint density at radius 3 is 2.83 bits per heavy atom. The van der Waals surface area contributed by atoms with Crippen molar-refractivity contribution in [2.75, 3.05) is 13.8 Å². The van der Waals surface area contributed by atoms with Crippen LogP contribution in [0.3, 0.4) is 0 Å². The minimum absolute atomic E-state index is 0.0769. The summed E-state index contributed by atoms with van der Waals surface area (Å²) in [5, 5.41) is 0.324. The Morgan fingerprint density at radius 2 is 2.04 bits per heavy atom. The molecule has 2 aromatic carbocycles. The van der Waals surface area contributed by atoms with Crippen molar-refractivity contribution in [2.24, 2.45) is 0 Å². The van der Waals surface area contributed by atoms with Gasteiger partial charge in [-0.25, -0.2) is 4.39 Å². The minimum atomic E-state index is -0.405. The van der Waals surface area contributed by atoms with Gasteiger partial charge in [0.2, 0.25) is 12.7 Å². The van der Waals surface area contributed by atoms with Gasteiger partial charge >= 0.3 is 0 Å². The maximum Gasteiger partial charge on any atom is 0.231 e. The van der Waals surface area contributed by atoms with E-state index < -0.39 is 5.82 Å². The predicted octanol–water partition coefficient (Wildman–Crippen LogP) is 3.80. The molecular weight excluding hydrogens is 333 g/mol. The van der Waals surface area contributed by atoms with E-state index in [4.69, 9.17) is 21.1 Å². The maximum atomic E-state index is 13.8. The number of carbonyl (C=O) groups excluding carboxylic acids is 1. The van der Waals surface area contributed by atoms with Crippen LogP contribution in [-0.4, -0.2) is 24.6 Å². The van der Waals surface area contributed by atoms with Crippen molar-refractivity contribution in [1.82, 2.24) is 4.90 Å². The molecule has 3 rings (SSSR count). The van der Waals surface area contributed by atoms with Crippen LogP contribution in [0.2, 0.25) is 5.02 Å². The van der Waals surface area contributed by atoms with E-state index in [0.717, 1.165) is 11.3 Å². The summed E-state index contributed by atoms with van der Waals surface area (Å²) in [5.41, 5.74) is 1.32. The first-order valence-corrected chi connectivity index (χ1v) is 7.98. The number of amides is 1. The Labute approximate surface area is 144 Å². The lowest BCUT2D eigenvalue weighted by molar-refractivity contribution is -0.130. The number of halogens is 2. The van der Waals surface area contributed by atoms with E-state index >= 15 is 0 Å². The van der Waals surface area contributed by atoms with E-state index in [1.807, 2.05) is 18.2 Å². The van der Waals surface area contributed by atoms with E-state index in [1.54, 1.807) is 19.2 Å². The molecular formula is C18H17ClFNO3. The molecule has 4 nitrogen and oxygen atoms in total. The Balaban J connectivity index is 1.58. The lowest BCUT2D eigenvalue weighted by Crippen LogP contribution is -2.27. The second kappa shape index (κ2) is 7.09. The van der Waals surface area contributed by atoms with Gasteiger partial charge in [-0.2, -0.15) is 0 Å². The zero-order chi connectivity index (χ0) is 17.1. The van der Waals surface area contributed by atoms with Crippen LogP contribution in [-0.2, 0) is 17.8 Å². The first kappa shape index (κ1) is 16.6. The monoisotopic (exact) mass is 349 g/mol. The Kier molecular flexibility index (Phi) is 4.90. The van der Waals surface area contributed by atoms with Crippen LogP contribution >= 0.6 is 11.6 Å². The van der Waals surface area contributed by atoms with Gasteiger partial charge in [-0.1, -0.05) is 23.7 Å². The maximum absolute atomic E-state index is 13.8. The lowest BCUT2D eigenvalue weighted by atomic mass is 10.1. The summed E-state index contributed by atoms with van der Waals surface area (Å²) >= 11 is 6.00. The molecule has 0 aliphatic carbocycles. The lowest BCUT2D eigenvalue weighted by Gasteiger charge is -2.18. The summed E-state index contributed by atoms with van der Waals surface area (Å²) in [7, 11) is 1.64. The fourth-order valence-electron chi connectivity index (χ4n) is 2.55. The Morgan fingerprint density at radius 1 is 1.25 bits per heavy atom. The van der Waals surface area contributed by atoms with E-state index in [2.05, 4.69) is 0 Å². The minimum Gasteiger partial charge on any atom is -0.454 e.